The summed E-state index contributed by atoms with van der Waals surface area (Å²) >= 11 is 0. The molecule has 20 heavy (non-hydrogen) atoms. The number of nitrogens with zero attached hydrogens (tertiary/aromatic N) is 1. The van der Waals surface area contributed by atoms with Crippen LogP contribution in [0, 0.1) is 10.1 Å². The van der Waals surface area contributed by atoms with Crippen LogP contribution in [0.15, 0.2) is 18.2 Å². The first kappa shape index (κ1) is 14.8. The molecule has 2 unspecified atom stereocenters. The van der Waals surface area contributed by atoms with E-state index in [1.165, 1.54) is 0 Å². The van der Waals surface area contributed by atoms with Crippen LogP contribution in [0.25, 0.3) is 0 Å². The number of nitro groups is 1. The molecule has 0 aromatic heterocycles. The van der Waals surface area contributed by atoms with Crippen LogP contribution in [-0.4, -0.2) is 31.3 Å². The van der Waals surface area contributed by atoms with Crippen molar-refractivity contribution >= 4 is 12.6 Å². The Balaban J connectivity index is 0.000000704. The molecule has 1 aromatic carbocycles. The molecule has 0 radical (unpaired) electrons. The van der Waals surface area contributed by atoms with E-state index in [1.54, 1.807) is 0 Å². The molecule has 2 aliphatic rings. The van der Waals surface area contributed by atoms with Gasteiger partial charge in [0, 0.05) is 10.4 Å². The molecule has 0 saturated heterocycles. The lowest BCUT2D eigenvalue weighted by Gasteiger charge is -2.14. The molecule has 2 aliphatic heterocycles. The summed E-state index contributed by atoms with van der Waals surface area (Å²) in [6.45, 7) is 6.08. The Hall–Kier alpha value is -1.60. The van der Waals surface area contributed by atoms with E-state index in [0.29, 0.717) is 12.4 Å². The zero-order valence-corrected chi connectivity index (χ0v) is 11.9. The highest BCUT2D eigenvalue weighted by atomic mass is 16.6. The topological polar surface area (TPSA) is 70.8 Å². The Kier molecular flexibility index (Phi) is 4.62. The van der Waals surface area contributed by atoms with Gasteiger partial charge >= 0.3 is 7.12 Å². The number of hydrogen-bond acceptors (Lipinski definition) is 5. The average Bonchev–Trinajstić information content (AvgIpc) is 2.67. The first-order chi connectivity index (χ1) is 9.65. The van der Waals surface area contributed by atoms with E-state index >= 15 is 0 Å². The van der Waals surface area contributed by atoms with Crippen molar-refractivity contribution in [2.45, 2.75) is 33.0 Å². The summed E-state index contributed by atoms with van der Waals surface area (Å²) in [5.41, 5.74) is 1.59. The predicted molar refractivity (Wildman–Crippen MR) is 74.9 cm³/mol. The summed E-state index contributed by atoms with van der Waals surface area (Å²) in [5.74, 6) is 0.702. The molecule has 108 valence electrons. The maximum absolute atomic E-state index is 10.6. The minimum Gasteiger partial charge on any atom is -0.491 e. The Bertz CT molecular complexity index is 496. The van der Waals surface area contributed by atoms with Crippen molar-refractivity contribution in [3.8, 4) is 5.75 Å². The lowest BCUT2D eigenvalue weighted by atomic mass is 9.77. The normalized spacial score (nSPS) is 23.1. The van der Waals surface area contributed by atoms with E-state index < -0.39 is 13.2 Å². The smallest absolute Gasteiger partial charge is 0.491 e. The highest BCUT2D eigenvalue weighted by Crippen LogP contribution is 2.30. The SMILES string of the molecule is CC.CC1COc2cccc3c2B(O1)OC3C[N+](=O)[O-]. The zero-order chi connectivity index (χ0) is 14.7. The van der Waals surface area contributed by atoms with Gasteiger partial charge in [-0.1, -0.05) is 26.0 Å². The summed E-state index contributed by atoms with van der Waals surface area (Å²) in [4.78, 5) is 10.3. The molecule has 6 nitrogen and oxygen atoms in total. The van der Waals surface area contributed by atoms with Gasteiger partial charge in [-0.2, -0.15) is 0 Å². The fourth-order valence-corrected chi connectivity index (χ4v) is 2.34. The molecule has 0 saturated carbocycles. The minimum absolute atomic E-state index is 0.107. The second-order valence-electron chi connectivity index (χ2n) is 4.49. The monoisotopic (exact) mass is 279 g/mol. The maximum Gasteiger partial charge on any atom is 0.499 e. The van der Waals surface area contributed by atoms with Gasteiger partial charge in [-0.3, -0.25) is 10.1 Å². The second-order valence-corrected chi connectivity index (χ2v) is 4.49. The average molecular weight is 279 g/mol. The van der Waals surface area contributed by atoms with Crippen LogP contribution in [0.4, 0.5) is 0 Å². The summed E-state index contributed by atoms with van der Waals surface area (Å²) in [6, 6.07) is 5.49. The van der Waals surface area contributed by atoms with Crippen LogP contribution in [0.1, 0.15) is 32.4 Å². The summed E-state index contributed by atoms with van der Waals surface area (Å²) in [5, 5.41) is 10.6. The third kappa shape index (κ3) is 2.78. The Morgan fingerprint density at radius 1 is 1.40 bits per heavy atom. The second kappa shape index (κ2) is 6.24. The number of benzene rings is 1. The van der Waals surface area contributed by atoms with Gasteiger partial charge in [0.05, 0.1) is 6.10 Å². The highest BCUT2D eigenvalue weighted by molar-refractivity contribution is 6.64. The predicted octanol–water partition coefficient (Wildman–Crippen LogP) is 1.55. The molecular formula is C13H18BNO5. The number of hydrogen-bond donors (Lipinski definition) is 0. The van der Waals surface area contributed by atoms with Gasteiger partial charge in [-0.25, -0.2) is 0 Å². The van der Waals surface area contributed by atoms with E-state index in [4.69, 9.17) is 14.0 Å². The standard InChI is InChI=1S/C11H12BNO5.C2H6/c1-7-6-16-9-4-2-3-8-10(5-13(14)15)18-12(17-7)11(8)9;1-2/h2-4,7,10H,5-6H2,1H3;1-2H3. The fourth-order valence-electron chi connectivity index (χ4n) is 2.34. The van der Waals surface area contributed by atoms with Crippen molar-refractivity contribution in [1.29, 1.82) is 0 Å². The van der Waals surface area contributed by atoms with Gasteiger partial charge in [0.25, 0.3) is 0 Å². The lowest BCUT2D eigenvalue weighted by molar-refractivity contribution is -0.490. The molecule has 3 rings (SSSR count). The van der Waals surface area contributed by atoms with Crippen molar-refractivity contribution in [3.05, 3.63) is 33.9 Å². The molecule has 0 N–H and O–H groups in total. The van der Waals surface area contributed by atoms with Gasteiger partial charge in [0.2, 0.25) is 6.54 Å². The van der Waals surface area contributed by atoms with Crippen LogP contribution >= 0.6 is 0 Å². The van der Waals surface area contributed by atoms with E-state index in [0.717, 1.165) is 11.0 Å². The van der Waals surface area contributed by atoms with Crippen molar-refractivity contribution < 1.29 is 19.0 Å². The molecular weight excluding hydrogens is 261 g/mol. The van der Waals surface area contributed by atoms with Crippen LogP contribution in [0.3, 0.4) is 0 Å². The molecule has 0 amide bonds. The first-order valence-corrected chi connectivity index (χ1v) is 6.83. The van der Waals surface area contributed by atoms with Gasteiger partial charge in [-0.15, -0.1) is 0 Å². The van der Waals surface area contributed by atoms with Gasteiger partial charge in [-0.05, 0) is 18.6 Å². The fraction of sp³-hybridized carbons (Fsp3) is 0.538. The molecule has 0 aliphatic carbocycles. The third-order valence-corrected chi connectivity index (χ3v) is 3.11. The lowest BCUT2D eigenvalue weighted by Crippen LogP contribution is -2.34. The molecule has 0 fully saturated rings. The quantitative estimate of drug-likeness (QED) is 0.466. The summed E-state index contributed by atoms with van der Waals surface area (Å²) in [7, 11) is -0.557. The van der Waals surface area contributed by atoms with Crippen molar-refractivity contribution in [1.82, 2.24) is 0 Å². The van der Waals surface area contributed by atoms with Gasteiger partial charge in [0.15, 0.2) is 0 Å². The molecule has 0 spiro atoms. The van der Waals surface area contributed by atoms with E-state index in [1.807, 2.05) is 39.0 Å². The minimum atomic E-state index is -0.561. The highest BCUT2D eigenvalue weighted by Gasteiger charge is 2.44. The Morgan fingerprint density at radius 3 is 2.85 bits per heavy atom. The van der Waals surface area contributed by atoms with Gasteiger partial charge < -0.3 is 14.0 Å². The van der Waals surface area contributed by atoms with Crippen LogP contribution < -0.4 is 10.2 Å². The van der Waals surface area contributed by atoms with E-state index in [-0.39, 0.29) is 17.6 Å². The largest absolute Gasteiger partial charge is 0.499 e. The number of ether oxygens (including phenoxy) is 1. The zero-order valence-electron chi connectivity index (χ0n) is 11.9. The third-order valence-electron chi connectivity index (χ3n) is 3.11. The van der Waals surface area contributed by atoms with E-state index in [2.05, 4.69) is 0 Å². The summed E-state index contributed by atoms with van der Waals surface area (Å²) < 4.78 is 16.9. The Morgan fingerprint density at radius 2 is 2.15 bits per heavy atom. The van der Waals surface area contributed by atoms with Crippen molar-refractivity contribution in [3.63, 3.8) is 0 Å². The molecule has 1 aromatic rings. The van der Waals surface area contributed by atoms with Crippen molar-refractivity contribution in [2.24, 2.45) is 0 Å². The molecule has 0 bridgehead atoms. The van der Waals surface area contributed by atoms with Gasteiger partial charge in [0.1, 0.15) is 18.5 Å². The van der Waals surface area contributed by atoms with Crippen LogP contribution in [0.5, 0.6) is 5.75 Å². The Labute approximate surface area is 118 Å². The molecule has 2 atom stereocenters. The molecule has 7 heteroatoms. The first-order valence-electron chi connectivity index (χ1n) is 6.83. The molecule has 2 heterocycles. The number of rotatable bonds is 2. The van der Waals surface area contributed by atoms with Crippen LogP contribution in [-0.2, 0) is 9.31 Å². The summed E-state index contributed by atoms with van der Waals surface area (Å²) in [6.07, 6.45) is -0.668. The van der Waals surface area contributed by atoms with Crippen molar-refractivity contribution in [2.75, 3.05) is 13.2 Å². The maximum atomic E-state index is 10.6. The van der Waals surface area contributed by atoms with Crippen LogP contribution in [0.2, 0.25) is 0 Å². The van der Waals surface area contributed by atoms with E-state index in [9.17, 15) is 10.1 Å².